The average molecular weight is 550 g/mol. The molecule has 0 bridgehead atoms. The molecule has 2 rings (SSSR count). The zero-order valence-corrected chi connectivity index (χ0v) is 20.2. The summed E-state index contributed by atoms with van der Waals surface area (Å²) in [5.74, 6) is 1.35. The number of guanidine groups is 1. The van der Waals surface area contributed by atoms with Gasteiger partial charge in [-0.1, -0.05) is 18.2 Å². The summed E-state index contributed by atoms with van der Waals surface area (Å²) in [6, 6.07) is 8.74. The molecule has 0 atom stereocenters. The van der Waals surface area contributed by atoms with Crippen molar-refractivity contribution in [1.82, 2.24) is 15.6 Å². The molecule has 2 aromatic rings. The molecule has 7 nitrogen and oxygen atoms in total. The highest BCUT2D eigenvalue weighted by Gasteiger charge is 2.16. The molecular weight excluding hydrogens is 521 g/mol. The van der Waals surface area contributed by atoms with Crippen LogP contribution in [0.15, 0.2) is 41.5 Å². The first kappa shape index (κ1) is 26.7. The van der Waals surface area contributed by atoms with Gasteiger partial charge in [-0.05, 0) is 32.9 Å². The minimum Gasteiger partial charge on any atom is -0.490 e. The van der Waals surface area contributed by atoms with Crippen molar-refractivity contribution in [2.45, 2.75) is 40.5 Å². The third-order valence-electron chi connectivity index (χ3n) is 3.90. The second kappa shape index (κ2) is 14.6. The van der Waals surface area contributed by atoms with Gasteiger partial charge in [0.05, 0.1) is 19.8 Å². The summed E-state index contributed by atoms with van der Waals surface area (Å²) in [7, 11) is 0. The largest absolute Gasteiger partial charge is 0.490 e. The number of halogens is 3. The van der Waals surface area contributed by atoms with Gasteiger partial charge in [0.15, 0.2) is 17.5 Å². The zero-order chi connectivity index (χ0) is 21.8. The predicted molar refractivity (Wildman–Crippen MR) is 127 cm³/mol. The van der Waals surface area contributed by atoms with Crippen LogP contribution in [0.3, 0.4) is 0 Å². The zero-order valence-electron chi connectivity index (χ0n) is 17.9. The monoisotopic (exact) mass is 550 g/mol. The highest BCUT2D eigenvalue weighted by Crippen LogP contribution is 2.32. The van der Waals surface area contributed by atoms with Crippen LogP contribution in [-0.4, -0.2) is 37.3 Å². The van der Waals surface area contributed by atoms with Crippen LogP contribution in [0.4, 0.5) is 8.78 Å². The Morgan fingerprint density at radius 2 is 1.77 bits per heavy atom. The number of rotatable bonds is 11. The van der Waals surface area contributed by atoms with E-state index in [2.05, 4.69) is 20.6 Å². The van der Waals surface area contributed by atoms with Gasteiger partial charge in [0.25, 0.3) is 0 Å². The molecule has 1 heterocycles. The molecule has 172 valence electrons. The molecule has 0 saturated carbocycles. The maximum absolute atomic E-state index is 12.9. The highest BCUT2D eigenvalue weighted by atomic mass is 127. The molecule has 0 spiro atoms. The molecule has 0 aliphatic heterocycles. The molecule has 2 N–H and O–H groups in total. The van der Waals surface area contributed by atoms with E-state index in [1.54, 1.807) is 31.3 Å². The van der Waals surface area contributed by atoms with Gasteiger partial charge in [0, 0.05) is 30.4 Å². The van der Waals surface area contributed by atoms with Crippen molar-refractivity contribution in [3.63, 3.8) is 0 Å². The van der Waals surface area contributed by atoms with Gasteiger partial charge in [-0.15, -0.1) is 24.0 Å². The molecule has 0 radical (unpaired) electrons. The summed E-state index contributed by atoms with van der Waals surface area (Å²) in [5.41, 5.74) is 1.37. The average Bonchev–Trinajstić information content (AvgIpc) is 2.73. The number of nitrogens with zero attached hydrogens (tertiary/aromatic N) is 2. The van der Waals surface area contributed by atoms with Crippen LogP contribution in [0.1, 0.15) is 31.9 Å². The third-order valence-corrected chi connectivity index (χ3v) is 3.90. The second-order valence-corrected chi connectivity index (χ2v) is 6.01. The van der Waals surface area contributed by atoms with Crippen molar-refractivity contribution in [3.05, 3.63) is 47.7 Å². The van der Waals surface area contributed by atoms with E-state index in [0.717, 1.165) is 5.56 Å². The van der Waals surface area contributed by atoms with Crippen molar-refractivity contribution >= 4 is 29.9 Å². The van der Waals surface area contributed by atoms with Gasteiger partial charge < -0.3 is 24.8 Å². The Hall–Kier alpha value is -2.37. The lowest BCUT2D eigenvalue weighted by Gasteiger charge is -2.17. The highest BCUT2D eigenvalue weighted by molar-refractivity contribution is 14.0. The Morgan fingerprint density at radius 3 is 2.45 bits per heavy atom. The fourth-order valence-electron chi connectivity index (χ4n) is 2.69. The summed E-state index contributed by atoms with van der Waals surface area (Å²) in [5, 5.41) is 6.27. The van der Waals surface area contributed by atoms with E-state index in [-0.39, 0.29) is 42.0 Å². The number of aliphatic imine (C=N–C) groups is 1. The van der Waals surface area contributed by atoms with Crippen LogP contribution < -0.4 is 24.8 Å². The van der Waals surface area contributed by atoms with Gasteiger partial charge in [-0.3, -0.25) is 0 Å². The molecule has 31 heavy (non-hydrogen) atoms. The lowest BCUT2D eigenvalue weighted by molar-refractivity contribution is -0.0520. The van der Waals surface area contributed by atoms with Crippen LogP contribution in [0, 0.1) is 0 Å². The normalized spacial score (nSPS) is 11.0. The summed E-state index contributed by atoms with van der Waals surface area (Å²) >= 11 is 0. The van der Waals surface area contributed by atoms with Crippen molar-refractivity contribution in [2.75, 3.05) is 19.8 Å². The first-order chi connectivity index (χ1) is 14.6. The number of para-hydroxylation sites is 1. The van der Waals surface area contributed by atoms with Gasteiger partial charge >= 0.3 is 6.61 Å². The molecular formula is C21H29F2IN4O3. The smallest absolute Gasteiger partial charge is 0.387 e. The summed E-state index contributed by atoms with van der Waals surface area (Å²) in [6.45, 7) is 4.71. The van der Waals surface area contributed by atoms with Crippen LogP contribution in [0.5, 0.6) is 17.4 Å². The SMILES string of the molecule is CCNC(=NCc1cccnc1OCC)NCc1cccc(OCC)c1OC(F)F.I. The van der Waals surface area contributed by atoms with Crippen LogP contribution in [0.25, 0.3) is 0 Å². The Bertz CT molecular complexity index is 825. The fourth-order valence-corrected chi connectivity index (χ4v) is 2.69. The molecule has 0 amide bonds. The van der Waals surface area contributed by atoms with E-state index < -0.39 is 6.61 Å². The van der Waals surface area contributed by atoms with E-state index in [1.165, 1.54) is 0 Å². The van der Waals surface area contributed by atoms with Gasteiger partial charge in [0.2, 0.25) is 5.88 Å². The van der Waals surface area contributed by atoms with E-state index in [0.29, 0.717) is 43.7 Å². The molecule has 0 saturated heterocycles. The van der Waals surface area contributed by atoms with E-state index in [1.807, 2.05) is 26.0 Å². The van der Waals surface area contributed by atoms with Gasteiger partial charge in [-0.2, -0.15) is 8.78 Å². The van der Waals surface area contributed by atoms with Gasteiger partial charge in [-0.25, -0.2) is 9.98 Å². The minimum atomic E-state index is -2.95. The minimum absolute atomic E-state index is 0. The Labute approximate surface area is 198 Å². The lowest BCUT2D eigenvalue weighted by atomic mass is 10.2. The number of nitrogens with one attached hydrogen (secondary N) is 2. The Balaban J connectivity index is 0.00000480. The molecule has 0 aliphatic carbocycles. The fraction of sp³-hybridized carbons (Fsp3) is 0.429. The molecule has 1 aromatic carbocycles. The van der Waals surface area contributed by atoms with E-state index in [4.69, 9.17) is 14.2 Å². The summed E-state index contributed by atoms with van der Waals surface area (Å²) in [4.78, 5) is 8.76. The number of hydrogen-bond donors (Lipinski definition) is 2. The number of aromatic nitrogens is 1. The molecule has 1 aromatic heterocycles. The summed E-state index contributed by atoms with van der Waals surface area (Å²) < 4.78 is 41.5. The third kappa shape index (κ3) is 8.72. The Morgan fingerprint density at radius 1 is 1.03 bits per heavy atom. The first-order valence-electron chi connectivity index (χ1n) is 9.87. The van der Waals surface area contributed by atoms with Crippen molar-refractivity contribution in [2.24, 2.45) is 4.99 Å². The lowest BCUT2D eigenvalue weighted by Crippen LogP contribution is -2.37. The number of pyridine rings is 1. The molecule has 0 fully saturated rings. The van der Waals surface area contributed by atoms with Gasteiger partial charge in [0.1, 0.15) is 0 Å². The molecule has 10 heteroatoms. The van der Waals surface area contributed by atoms with Crippen molar-refractivity contribution in [1.29, 1.82) is 0 Å². The van der Waals surface area contributed by atoms with Crippen LogP contribution in [-0.2, 0) is 13.1 Å². The topological polar surface area (TPSA) is 77.0 Å². The van der Waals surface area contributed by atoms with Crippen molar-refractivity contribution in [3.8, 4) is 17.4 Å². The quantitative estimate of drug-likeness (QED) is 0.246. The summed E-state index contributed by atoms with van der Waals surface area (Å²) in [6.07, 6.45) is 1.66. The standard InChI is InChI=1S/C21H28F2N4O3.HI/c1-4-24-21(27-14-16-10-8-12-25-19(16)29-6-3)26-13-15-9-7-11-17(28-5-2)18(15)30-20(22)23;/h7-12,20H,4-6,13-14H2,1-3H3,(H2,24,26,27);1H. The van der Waals surface area contributed by atoms with Crippen LogP contribution >= 0.6 is 24.0 Å². The number of hydrogen-bond acceptors (Lipinski definition) is 5. The molecule has 0 unspecified atom stereocenters. The number of alkyl halides is 2. The molecule has 0 aliphatic rings. The van der Waals surface area contributed by atoms with E-state index in [9.17, 15) is 8.78 Å². The first-order valence-corrected chi connectivity index (χ1v) is 9.87. The van der Waals surface area contributed by atoms with Crippen LogP contribution in [0.2, 0.25) is 0 Å². The van der Waals surface area contributed by atoms with Crippen molar-refractivity contribution < 1.29 is 23.0 Å². The maximum atomic E-state index is 12.9. The number of ether oxygens (including phenoxy) is 3. The predicted octanol–water partition coefficient (Wildman–Crippen LogP) is 4.35. The maximum Gasteiger partial charge on any atom is 0.387 e. The Kier molecular flexibility index (Phi) is 12.6. The number of benzene rings is 1. The second-order valence-electron chi connectivity index (χ2n) is 6.01. The van der Waals surface area contributed by atoms with E-state index >= 15 is 0 Å².